The number of guanidine groups is 1. The van der Waals surface area contributed by atoms with Crippen molar-refractivity contribution in [3.05, 3.63) is 58.9 Å². The first-order chi connectivity index (χ1) is 15.1. The number of ether oxygens (including phenoxy) is 1. The molecule has 0 spiro atoms. The number of hydrogen-bond acceptors (Lipinski definition) is 5. The van der Waals surface area contributed by atoms with E-state index in [9.17, 15) is 0 Å². The average Bonchev–Trinajstić information content (AvgIpc) is 3.43. The van der Waals surface area contributed by atoms with Crippen LogP contribution in [-0.2, 0) is 18.2 Å². The second kappa shape index (κ2) is 11.8. The molecule has 7 nitrogen and oxygen atoms in total. The van der Waals surface area contributed by atoms with E-state index < -0.39 is 0 Å². The van der Waals surface area contributed by atoms with Crippen LogP contribution in [0.3, 0.4) is 0 Å². The summed E-state index contributed by atoms with van der Waals surface area (Å²) in [6, 6.07) is 8.53. The van der Waals surface area contributed by atoms with Gasteiger partial charge in [0.2, 0.25) is 0 Å². The van der Waals surface area contributed by atoms with Gasteiger partial charge >= 0.3 is 0 Å². The molecule has 1 N–H and O–H groups in total. The first-order valence-electron chi connectivity index (χ1n) is 10.8. The zero-order valence-electron chi connectivity index (χ0n) is 18.8. The number of halogens is 1. The normalized spacial score (nSPS) is 16.7. The van der Waals surface area contributed by atoms with Gasteiger partial charge in [0.25, 0.3) is 0 Å². The van der Waals surface area contributed by atoms with Crippen molar-refractivity contribution in [2.75, 3.05) is 32.8 Å². The number of hydrogen-bond donors (Lipinski definition) is 1. The molecule has 3 heterocycles. The molecule has 0 bridgehead atoms. The van der Waals surface area contributed by atoms with Crippen molar-refractivity contribution in [2.45, 2.75) is 26.4 Å². The zero-order chi connectivity index (χ0) is 21.6. The number of aryl methyl sites for hydroxylation is 2. The van der Waals surface area contributed by atoms with Crippen LogP contribution in [0.5, 0.6) is 0 Å². The number of aromatic nitrogens is 3. The summed E-state index contributed by atoms with van der Waals surface area (Å²) >= 11 is 1.70. The van der Waals surface area contributed by atoms with Gasteiger partial charge in [-0.2, -0.15) is 5.10 Å². The molecular weight excluding hydrogens is 535 g/mol. The van der Waals surface area contributed by atoms with Gasteiger partial charge in [0.15, 0.2) is 5.96 Å². The third-order valence-electron chi connectivity index (χ3n) is 5.28. The molecule has 1 atom stereocenters. The Kier molecular flexibility index (Phi) is 9.06. The summed E-state index contributed by atoms with van der Waals surface area (Å²) < 4.78 is 7.79. The first-order valence-corrected chi connectivity index (χ1v) is 11.6. The third-order valence-corrected chi connectivity index (χ3v) is 6.22. The summed E-state index contributed by atoms with van der Waals surface area (Å²) in [6.07, 6.45) is 4.74. The Bertz CT molecular complexity index is 1020. The van der Waals surface area contributed by atoms with E-state index in [1.54, 1.807) is 11.3 Å². The molecular formula is C23H31IN6OS. The molecule has 9 heteroatoms. The van der Waals surface area contributed by atoms with E-state index in [2.05, 4.69) is 58.8 Å². The Balaban J connectivity index is 0.00000289. The van der Waals surface area contributed by atoms with Gasteiger partial charge in [-0.3, -0.25) is 9.67 Å². The fourth-order valence-electron chi connectivity index (χ4n) is 3.60. The van der Waals surface area contributed by atoms with E-state index in [4.69, 9.17) is 14.7 Å². The van der Waals surface area contributed by atoms with E-state index in [0.717, 1.165) is 48.3 Å². The summed E-state index contributed by atoms with van der Waals surface area (Å²) in [7, 11) is 1.93. The predicted octanol–water partition coefficient (Wildman–Crippen LogP) is 4.05. The highest BCUT2D eigenvalue weighted by molar-refractivity contribution is 14.0. The van der Waals surface area contributed by atoms with Crippen LogP contribution in [0.25, 0.3) is 10.6 Å². The average molecular weight is 567 g/mol. The van der Waals surface area contributed by atoms with Gasteiger partial charge < -0.3 is 15.0 Å². The highest BCUT2D eigenvalue weighted by Crippen LogP contribution is 2.24. The molecule has 1 saturated heterocycles. The molecule has 1 unspecified atom stereocenters. The molecule has 172 valence electrons. The lowest BCUT2D eigenvalue weighted by Gasteiger charge is -2.34. The SMILES string of the molecule is CCNC(=NCCc1csc(-c2ccc(C)cc2)n1)N1CCOC(c2cnn(C)c2)C1.I. The Morgan fingerprint density at radius 1 is 1.31 bits per heavy atom. The number of benzene rings is 1. The molecule has 0 saturated carbocycles. The molecule has 1 aliphatic heterocycles. The maximum atomic E-state index is 5.98. The second-order valence-electron chi connectivity index (χ2n) is 7.75. The van der Waals surface area contributed by atoms with Crippen molar-refractivity contribution in [1.82, 2.24) is 25.0 Å². The molecule has 4 rings (SSSR count). The molecule has 2 aromatic heterocycles. The number of morpholine rings is 1. The van der Waals surface area contributed by atoms with Gasteiger partial charge in [0.1, 0.15) is 11.1 Å². The summed E-state index contributed by atoms with van der Waals surface area (Å²) in [4.78, 5) is 12.0. The van der Waals surface area contributed by atoms with Crippen LogP contribution in [0.4, 0.5) is 0 Å². The summed E-state index contributed by atoms with van der Waals surface area (Å²) in [5.41, 5.74) is 4.64. The Morgan fingerprint density at radius 2 is 2.12 bits per heavy atom. The van der Waals surface area contributed by atoms with E-state index in [1.807, 2.05) is 24.1 Å². The maximum Gasteiger partial charge on any atom is 0.194 e. The topological polar surface area (TPSA) is 67.6 Å². The fraction of sp³-hybridized carbons (Fsp3) is 0.435. The minimum Gasteiger partial charge on any atom is -0.370 e. The molecule has 1 aliphatic rings. The highest BCUT2D eigenvalue weighted by Gasteiger charge is 2.25. The van der Waals surface area contributed by atoms with Crippen molar-refractivity contribution < 1.29 is 4.74 Å². The van der Waals surface area contributed by atoms with Crippen molar-refractivity contribution in [1.29, 1.82) is 0 Å². The number of rotatable bonds is 6. The zero-order valence-corrected chi connectivity index (χ0v) is 22.0. The van der Waals surface area contributed by atoms with Crippen LogP contribution in [-0.4, -0.2) is 58.4 Å². The number of nitrogens with zero attached hydrogens (tertiary/aromatic N) is 5. The lowest BCUT2D eigenvalue weighted by Crippen LogP contribution is -2.48. The van der Waals surface area contributed by atoms with Crippen molar-refractivity contribution in [2.24, 2.45) is 12.0 Å². The molecule has 1 aromatic carbocycles. The first kappa shape index (κ1) is 24.7. The van der Waals surface area contributed by atoms with Crippen LogP contribution in [0.15, 0.2) is 47.0 Å². The number of nitrogens with one attached hydrogen (secondary N) is 1. The van der Waals surface area contributed by atoms with Crippen LogP contribution in [0.2, 0.25) is 0 Å². The molecule has 1 fully saturated rings. The molecule has 0 amide bonds. The van der Waals surface area contributed by atoms with E-state index in [0.29, 0.717) is 13.2 Å². The van der Waals surface area contributed by atoms with E-state index in [-0.39, 0.29) is 30.1 Å². The van der Waals surface area contributed by atoms with Crippen molar-refractivity contribution in [3.8, 4) is 10.6 Å². The smallest absolute Gasteiger partial charge is 0.194 e. The largest absolute Gasteiger partial charge is 0.370 e. The second-order valence-corrected chi connectivity index (χ2v) is 8.61. The Hall–Kier alpha value is -1.98. The standard InChI is InChI=1S/C23H30N6OS.HI/c1-4-24-23(29-11-12-30-21(15-29)19-13-26-28(3)14-19)25-10-9-20-16-31-22(27-20)18-7-5-17(2)6-8-18;/h5-8,13-14,16,21H,4,9-12,15H2,1-3H3,(H,24,25);1H. The Morgan fingerprint density at radius 3 is 2.84 bits per heavy atom. The van der Waals surface area contributed by atoms with Gasteiger partial charge in [-0.1, -0.05) is 29.8 Å². The van der Waals surface area contributed by atoms with Gasteiger partial charge in [-0.15, -0.1) is 35.3 Å². The fourth-order valence-corrected chi connectivity index (χ4v) is 4.46. The molecule has 0 aliphatic carbocycles. The lowest BCUT2D eigenvalue weighted by molar-refractivity contribution is -0.00803. The lowest BCUT2D eigenvalue weighted by atomic mass is 10.1. The number of aliphatic imine (C=N–C) groups is 1. The Labute approximate surface area is 210 Å². The predicted molar refractivity (Wildman–Crippen MR) is 141 cm³/mol. The van der Waals surface area contributed by atoms with E-state index >= 15 is 0 Å². The van der Waals surface area contributed by atoms with Gasteiger partial charge in [-0.05, 0) is 13.8 Å². The van der Waals surface area contributed by atoms with Crippen LogP contribution in [0, 0.1) is 6.92 Å². The maximum absolute atomic E-state index is 5.98. The van der Waals surface area contributed by atoms with Crippen LogP contribution >= 0.6 is 35.3 Å². The molecule has 0 radical (unpaired) electrons. The van der Waals surface area contributed by atoms with Crippen molar-refractivity contribution >= 4 is 41.3 Å². The van der Waals surface area contributed by atoms with Gasteiger partial charge in [0, 0.05) is 55.8 Å². The summed E-state index contributed by atoms with van der Waals surface area (Å²) in [5.74, 6) is 0.939. The minimum absolute atomic E-state index is 0. The number of thiazole rings is 1. The third kappa shape index (κ3) is 6.29. The molecule has 3 aromatic rings. The highest BCUT2D eigenvalue weighted by atomic mass is 127. The minimum atomic E-state index is 0. The van der Waals surface area contributed by atoms with Crippen LogP contribution in [0.1, 0.15) is 29.8 Å². The van der Waals surface area contributed by atoms with Gasteiger partial charge in [0.05, 0.1) is 25.0 Å². The van der Waals surface area contributed by atoms with Gasteiger partial charge in [-0.25, -0.2) is 4.98 Å². The molecule has 32 heavy (non-hydrogen) atoms. The monoisotopic (exact) mass is 566 g/mol. The van der Waals surface area contributed by atoms with Crippen molar-refractivity contribution in [3.63, 3.8) is 0 Å². The van der Waals surface area contributed by atoms with E-state index in [1.165, 1.54) is 11.1 Å². The van der Waals surface area contributed by atoms with Crippen LogP contribution < -0.4 is 5.32 Å². The quantitative estimate of drug-likeness (QED) is 0.277. The summed E-state index contributed by atoms with van der Waals surface area (Å²) in [6.45, 7) is 8.02. The summed E-state index contributed by atoms with van der Waals surface area (Å²) in [5, 5.41) is 10.9.